The maximum absolute atomic E-state index is 12.8. The number of hydrogen-bond acceptors (Lipinski definition) is 4. The van der Waals surface area contributed by atoms with E-state index in [0.29, 0.717) is 17.9 Å². The first-order valence-corrected chi connectivity index (χ1v) is 10.9. The van der Waals surface area contributed by atoms with Crippen LogP contribution in [0.4, 0.5) is 11.4 Å². The van der Waals surface area contributed by atoms with Gasteiger partial charge in [0, 0.05) is 24.1 Å². The van der Waals surface area contributed by atoms with Crippen LogP contribution in [0.1, 0.15) is 24.5 Å². The Kier molecular flexibility index (Phi) is 5.29. The van der Waals surface area contributed by atoms with Crippen molar-refractivity contribution in [1.82, 2.24) is 0 Å². The van der Waals surface area contributed by atoms with Gasteiger partial charge in [0.05, 0.1) is 10.6 Å². The fourth-order valence-corrected chi connectivity index (χ4v) is 4.91. The third kappa shape index (κ3) is 3.88. The van der Waals surface area contributed by atoms with Gasteiger partial charge in [-0.2, -0.15) is 0 Å². The molecule has 1 aliphatic rings. The topological polar surface area (TPSA) is 66.5 Å². The Balaban J connectivity index is 1.97. The van der Waals surface area contributed by atoms with E-state index >= 15 is 0 Å². The summed E-state index contributed by atoms with van der Waals surface area (Å²) in [7, 11) is -3.73. The first kappa shape index (κ1) is 18.8. The van der Waals surface area contributed by atoms with Gasteiger partial charge in [0.1, 0.15) is 0 Å². The SMILES string of the molecule is CC(=O)N1CCCSc2ccc(S(=O)(=O)Nc3ccc(C)c(C)c3)cc21. The molecule has 0 aromatic heterocycles. The number of aryl methyl sites for hydroxylation is 2. The molecule has 26 heavy (non-hydrogen) atoms. The summed E-state index contributed by atoms with van der Waals surface area (Å²) in [6, 6.07) is 10.4. The maximum Gasteiger partial charge on any atom is 0.261 e. The van der Waals surface area contributed by atoms with E-state index in [9.17, 15) is 13.2 Å². The largest absolute Gasteiger partial charge is 0.311 e. The predicted octanol–water partition coefficient (Wildman–Crippen LogP) is 3.95. The number of sulfonamides is 1. The van der Waals surface area contributed by atoms with Crippen LogP contribution in [0.5, 0.6) is 0 Å². The fourth-order valence-electron chi connectivity index (χ4n) is 2.87. The van der Waals surface area contributed by atoms with Crippen LogP contribution in [0, 0.1) is 13.8 Å². The third-order valence-electron chi connectivity index (χ3n) is 4.45. The van der Waals surface area contributed by atoms with Crippen LogP contribution in [-0.4, -0.2) is 26.6 Å². The van der Waals surface area contributed by atoms with Crippen LogP contribution in [-0.2, 0) is 14.8 Å². The highest BCUT2D eigenvalue weighted by molar-refractivity contribution is 7.99. The number of anilines is 2. The molecule has 0 saturated heterocycles. The van der Waals surface area contributed by atoms with Gasteiger partial charge in [-0.25, -0.2) is 8.42 Å². The van der Waals surface area contributed by atoms with E-state index in [4.69, 9.17) is 0 Å². The lowest BCUT2D eigenvalue weighted by Gasteiger charge is -2.21. The number of benzene rings is 2. The van der Waals surface area contributed by atoms with Gasteiger partial charge in [0.2, 0.25) is 5.91 Å². The lowest BCUT2D eigenvalue weighted by molar-refractivity contribution is -0.116. The summed E-state index contributed by atoms with van der Waals surface area (Å²) >= 11 is 1.65. The number of rotatable bonds is 3. The van der Waals surface area contributed by atoms with E-state index in [1.54, 1.807) is 40.9 Å². The third-order valence-corrected chi connectivity index (χ3v) is 6.98. The highest BCUT2D eigenvalue weighted by Gasteiger charge is 2.23. The molecular formula is C19H22N2O3S2. The summed E-state index contributed by atoms with van der Waals surface area (Å²) < 4.78 is 28.3. The van der Waals surface area contributed by atoms with Gasteiger partial charge in [-0.3, -0.25) is 9.52 Å². The zero-order valence-electron chi connectivity index (χ0n) is 15.1. The minimum atomic E-state index is -3.73. The molecule has 0 aliphatic carbocycles. The van der Waals surface area contributed by atoms with Gasteiger partial charge in [-0.1, -0.05) is 6.07 Å². The summed E-state index contributed by atoms with van der Waals surface area (Å²) in [5.41, 5.74) is 3.32. The first-order chi connectivity index (χ1) is 12.3. The zero-order chi connectivity index (χ0) is 18.9. The van der Waals surface area contributed by atoms with E-state index in [1.807, 2.05) is 26.0 Å². The molecule has 0 bridgehead atoms. The quantitative estimate of drug-likeness (QED) is 0.862. The molecule has 5 nitrogen and oxygen atoms in total. The molecular weight excluding hydrogens is 368 g/mol. The lowest BCUT2D eigenvalue weighted by Crippen LogP contribution is -2.29. The molecule has 2 aromatic rings. The van der Waals surface area contributed by atoms with Crippen molar-refractivity contribution in [3.8, 4) is 0 Å². The number of nitrogens with one attached hydrogen (secondary N) is 1. The Hall–Kier alpha value is -1.99. The highest BCUT2D eigenvalue weighted by atomic mass is 32.2. The average molecular weight is 391 g/mol. The standard InChI is InChI=1S/C19H22N2O3S2/c1-13-5-6-16(11-14(13)2)20-26(23,24)17-7-8-19-18(12-17)21(15(3)22)9-4-10-25-19/h5-8,11-12,20H,4,9-10H2,1-3H3. The Morgan fingerprint density at radius 3 is 2.58 bits per heavy atom. The minimum absolute atomic E-state index is 0.0783. The van der Waals surface area contributed by atoms with E-state index in [2.05, 4.69) is 4.72 Å². The second-order valence-corrected chi connectivity index (χ2v) is 9.23. The molecule has 3 rings (SSSR count). The number of hydrogen-bond donors (Lipinski definition) is 1. The maximum atomic E-state index is 12.8. The molecule has 2 aromatic carbocycles. The Morgan fingerprint density at radius 1 is 1.12 bits per heavy atom. The Bertz CT molecular complexity index is 955. The molecule has 0 atom stereocenters. The first-order valence-electron chi connectivity index (χ1n) is 8.43. The van der Waals surface area contributed by atoms with Gasteiger partial charge in [0.15, 0.2) is 0 Å². The van der Waals surface area contributed by atoms with Crippen LogP contribution >= 0.6 is 11.8 Å². The van der Waals surface area contributed by atoms with E-state index < -0.39 is 10.0 Å². The van der Waals surface area contributed by atoms with Gasteiger partial charge in [0.25, 0.3) is 10.0 Å². The number of carbonyl (C=O) groups excluding carboxylic acids is 1. The second kappa shape index (κ2) is 7.32. The molecule has 0 radical (unpaired) electrons. The number of nitrogens with zero attached hydrogens (tertiary/aromatic N) is 1. The van der Waals surface area contributed by atoms with Crippen LogP contribution in [0.2, 0.25) is 0 Å². The summed E-state index contributed by atoms with van der Waals surface area (Å²) in [5.74, 6) is 0.828. The summed E-state index contributed by atoms with van der Waals surface area (Å²) in [6.45, 7) is 6.03. The number of thioether (sulfide) groups is 1. The molecule has 0 spiro atoms. The van der Waals surface area contributed by atoms with Gasteiger partial charge in [-0.15, -0.1) is 11.8 Å². The smallest absolute Gasteiger partial charge is 0.261 e. The van der Waals surface area contributed by atoms with Crippen molar-refractivity contribution in [2.45, 2.75) is 37.0 Å². The molecule has 1 aliphatic heterocycles. The molecule has 138 valence electrons. The summed E-state index contributed by atoms with van der Waals surface area (Å²) in [5, 5.41) is 0. The van der Waals surface area contributed by atoms with Crippen LogP contribution in [0.3, 0.4) is 0 Å². The van der Waals surface area contributed by atoms with Crippen LogP contribution < -0.4 is 9.62 Å². The average Bonchev–Trinajstić information content (AvgIpc) is 2.79. The molecule has 1 heterocycles. The van der Waals surface area contributed by atoms with Crippen molar-refractivity contribution >= 4 is 39.1 Å². The zero-order valence-corrected chi connectivity index (χ0v) is 16.7. The van der Waals surface area contributed by atoms with Gasteiger partial charge in [-0.05, 0) is 67.5 Å². The predicted molar refractivity (Wildman–Crippen MR) is 107 cm³/mol. The summed E-state index contributed by atoms with van der Waals surface area (Å²) in [4.78, 5) is 14.7. The number of carbonyl (C=O) groups is 1. The molecule has 0 unspecified atom stereocenters. The Labute approximate surface area is 158 Å². The van der Waals surface area contributed by atoms with Crippen molar-refractivity contribution in [2.24, 2.45) is 0 Å². The molecule has 0 saturated carbocycles. The number of fused-ring (bicyclic) bond motifs is 1. The molecule has 7 heteroatoms. The Morgan fingerprint density at radius 2 is 1.88 bits per heavy atom. The second-order valence-electron chi connectivity index (χ2n) is 6.41. The monoisotopic (exact) mass is 390 g/mol. The van der Waals surface area contributed by atoms with Gasteiger partial charge >= 0.3 is 0 Å². The van der Waals surface area contributed by atoms with Crippen molar-refractivity contribution in [3.63, 3.8) is 0 Å². The van der Waals surface area contributed by atoms with Crippen molar-refractivity contribution in [1.29, 1.82) is 0 Å². The van der Waals surface area contributed by atoms with Crippen LogP contribution in [0.15, 0.2) is 46.2 Å². The molecule has 0 fully saturated rings. The van der Waals surface area contributed by atoms with Crippen LogP contribution in [0.25, 0.3) is 0 Å². The van der Waals surface area contributed by atoms with E-state index in [-0.39, 0.29) is 10.8 Å². The van der Waals surface area contributed by atoms with E-state index in [0.717, 1.165) is 28.2 Å². The lowest BCUT2D eigenvalue weighted by atomic mass is 10.1. The molecule has 1 amide bonds. The van der Waals surface area contributed by atoms with Crippen molar-refractivity contribution in [2.75, 3.05) is 21.9 Å². The van der Waals surface area contributed by atoms with Crippen molar-refractivity contribution < 1.29 is 13.2 Å². The normalized spacial score (nSPS) is 14.5. The van der Waals surface area contributed by atoms with Crippen molar-refractivity contribution in [3.05, 3.63) is 47.5 Å². The van der Waals surface area contributed by atoms with E-state index in [1.165, 1.54) is 6.92 Å². The number of amides is 1. The fraction of sp³-hybridized carbons (Fsp3) is 0.316. The minimum Gasteiger partial charge on any atom is -0.311 e. The molecule has 1 N–H and O–H groups in total. The highest BCUT2D eigenvalue weighted by Crippen LogP contribution is 2.36. The summed E-state index contributed by atoms with van der Waals surface area (Å²) in [6.07, 6.45) is 0.877. The van der Waals surface area contributed by atoms with Gasteiger partial charge < -0.3 is 4.90 Å².